The van der Waals surface area contributed by atoms with Crippen molar-refractivity contribution in [3.05, 3.63) is 29.3 Å². The molecule has 7 heteroatoms. The number of benzene rings is 1. The second-order valence-electron chi connectivity index (χ2n) is 5.96. The quantitative estimate of drug-likeness (QED) is 0.751. The molecule has 3 aliphatic heterocycles. The van der Waals surface area contributed by atoms with Gasteiger partial charge in [-0.3, -0.25) is 4.90 Å². The van der Waals surface area contributed by atoms with Crippen LogP contribution in [0.1, 0.15) is 0 Å². The standard InChI is InChI=1S/C15H18N2O4S/c1-16-7-11-9-17(10-12(11)8-16)22(18,19)13-2-3-14-15(6-13)21-5-4-20-14/h2-3,6H,4-5,7-10H2,1H3. The molecule has 118 valence electrons. The molecule has 0 bridgehead atoms. The van der Waals surface area contributed by atoms with E-state index < -0.39 is 10.0 Å². The zero-order valence-corrected chi connectivity index (χ0v) is 13.2. The average molecular weight is 322 g/mol. The number of fused-ring (bicyclic) bond motifs is 1. The maximum Gasteiger partial charge on any atom is 0.243 e. The first-order valence-corrected chi connectivity index (χ1v) is 8.76. The fourth-order valence-corrected chi connectivity index (χ4v) is 4.69. The van der Waals surface area contributed by atoms with Crippen molar-refractivity contribution in [2.75, 3.05) is 46.4 Å². The molecule has 6 nitrogen and oxygen atoms in total. The lowest BCUT2D eigenvalue weighted by atomic mass is 10.2. The lowest BCUT2D eigenvalue weighted by Gasteiger charge is -2.22. The van der Waals surface area contributed by atoms with Crippen molar-refractivity contribution in [1.29, 1.82) is 0 Å². The zero-order chi connectivity index (χ0) is 15.3. The summed E-state index contributed by atoms with van der Waals surface area (Å²) in [5.74, 6) is 1.11. The highest BCUT2D eigenvalue weighted by Crippen LogP contribution is 2.35. The van der Waals surface area contributed by atoms with Crippen LogP contribution in [0.3, 0.4) is 0 Å². The summed E-state index contributed by atoms with van der Waals surface area (Å²) in [5.41, 5.74) is 2.48. The van der Waals surface area contributed by atoms with Crippen LogP contribution in [-0.2, 0) is 10.0 Å². The highest BCUT2D eigenvalue weighted by Gasteiger charge is 2.35. The van der Waals surface area contributed by atoms with Crippen molar-refractivity contribution in [3.63, 3.8) is 0 Å². The Kier molecular flexibility index (Phi) is 3.18. The summed E-state index contributed by atoms with van der Waals surface area (Å²) in [4.78, 5) is 2.48. The Morgan fingerprint density at radius 1 is 0.955 bits per heavy atom. The van der Waals surface area contributed by atoms with Crippen molar-refractivity contribution in [3.8, 4) is 11.5 Å². The molecule has 0 N–H and O–H groups in total. The normalized spacial score (nSPS) is 22.2. The van der Waals surface area contributed by atoms with Gasteiger partial charge >= 0.3 is 0 Å². The van der Waals surface area contributed by atoms with Gasteiger partial charge in [0, 0.05) is 32.2 Å². The van der Waals surface area contributed by atoms with Gasteiger partial charge in [0.25, 0.3) is 0 Å². The van der Waals surface area contributed by atoms with E-state index in [-0.39, 0.29) is 4.90 Å². The van der Waals surface area contributed by atoms with Crippen LogP contribution in [0.2, 0.25) is 0 Å². The van der Waals surface area contributed by atoms with E-state index >= 15 is 0 Å². The Morgan fingerprint density at radius 3 is 2.27 bits per heavy atom. The third-order valence-electron chi connectivity index (χ3n) is 4.31. The average Bonchev–Trinajstić information content (AvgIpc) is 3.04. The molecule has 0 saturated heterocycles. The van der Waals surface area contributed by atoms with E-state index in [0.29, 0.717) is 37.8 Å². The van der Waals surface area contributed by atoms with E-state index in [9.17, 15) is 8.42 Å². The molecule has 1 aromatic rings. The molecular formula is C15H18N2O4S. The molecule has 1 aromatic carbocycles. The van der Waals surface area contributed by atoms with Gasteiger partial charge in [-0.1, -0.05) is 0 Å². The Labute approximate surface area is 130 Å². The van der Waals surface area contributed by atoms with Gasteiger partial charge in [0.2, 0.25) is 10.0 Å². The molecule has 0 aliphatic carbocycles. The highest BCUT2D eigenvalue weighted by molar-refractivity contribution is 7.89. The van der Waals surface area contributed by atoms with E-state index in [1.807, 2.05) is 0 Å². The Bertz CT molecular complexity index is 739. The van der Waals surface area contributed by atoms with Gasteiger partial charge in [-0.25, -0.2) is 8.42 Å². The van der Waals surface area contributed by atoms with Gasteiger partial charge in [-0.15, -0.1) is 0 Å². The van der Waals surface area contributed by atoms with E-state index in [1.54, 1.807) is 22.5 Å². The molecule has 0 spiro atoms. The number of hydrogen-bond acceptors (Lipinski definition) is 5. The topological polar surface area (TPSA) is 59.1 Å². The number of rotatable bonds is 2. The van der Waals surface area contributed by atoms with Gasteiger partial charge in [0.1, 0.15) is 13.2 Å². The molecule has 0 radical (unpaired) electrons. The third-order valence-corrected chi connectivity index (χ3v) is 6.10. The lowest BCUT2D eigenvalue weighted by molar-refractivity contribution is 0.171. The highest BCUT2D eigenvalue weighted by atomic mass is 32.2. The van der Waals surface area contributed by atoms with E-state index in [2.05, 4.69) is 11.9 Å². The molecule has 0 aromatic heterocycles. The van der Waals surface area contributed by atoms with Crippen molar-refractivity contribution >= 4 is 10.0 Å². The van der Waals surface area contributed by atoms with Crippen LogP contribution in [0.4, 0.5) is 0 Å². The molecular weight excluding hydrogens is 304 g/mol. The SMILES string of the molecule is CN1CC2=C(C1)CN(S(=O)(=O)c1ccc3c(c1)OCCO3)C2. The van der Waals surface area contributed by atoms with Crippen LogP contribution in [0.5, 0.6) is 11.5 Å². The van der Waals surface area contributed by atoms with Crippen LogP contribution in [0.15, 0.2) is 34.2 Å². The predicted octanol–water partition coefficient (Wildman–Crippen LogP) is 0.704. The van der Waals surface area contributed by atoms with E-state index in [4.69, 9.17) is 9.47 Å². The second-order valence-corrected chi connectivity index (χ2v) is 7.90. The first-order valence-electron chi connectivity index (χ1n) is 7.32. The molecule has 3 heterocycles. The number of ether oxygens (including phenoxy) is 2. The van der Waals surface area contributed by atoms with Gasteiger partial charge in [0.15, 0.2) is 11.5 Å². The van der Waals surface area contributed by atoms with Gasteiger partial charge in [-0.2, -0.15) is 4.31 Å². The van der Waals surface area contributed by atoms with Crippen LogP contribution in [-0.4, -0.2) is 64.1 Å². The Hall–Kier alpha value is -1.57. The minimum Gasteiger partial charge on any atom is -0.486 e. The first kappa shape index (κ1) is 14.0. The fourth-order valence-electron chi connectivity index (χ4n) is 3.24. The van der Waals surface area contributed by atoms with Crippen LogP contribution < -0.4 is 9.47 Å². The van der Waals surface area contributed by atoms with Crippen LogP contribution in [0.25, 0.3) is 0 Å². The first-order chi connectivity index (χ1) is 10.5. The summed E-state index contributed by atoms with van der Waals surface area (Å²) < 4.78 is 38.1. The minimum absolute atomic E-state index is 0.270. The Morgan fingerprint density at radius 2 is 1.59 bits per heavy atom. The second kappa shape index (κ2) is 4.97. The number of nitrogens with zero attached hydrogens (tertiary/aromatic N) is 2. The predicted molar refractivity (Wildman–Crippen MR) is 80.7 cm³/mol. The minimum atomic E-state index is -3.49. The summed E-state index contributed by atoms with van der Waals surface area (Å²) in [7, 11) is -1.44. The number of likely N-dealkylation sites (N-methyl/N-ethyl adjacent to an activating group) is 1. The number of sulfonamides is 1. The van der Waals surface area contributed by atoms with Crippen molar-refractivity contribution < 1.29 is 17.9 Å². The maximum atomic E-state index is 12.8. The molecule has 22 heavy (non-hydrogen) atoms. The van der Waals surface area contributed by atoms with Crippen LogP contribution in [0, 0.1) is 0 Å². The smallest absolute Gasteiger partial charge is 0.243 e. The molecule has 4 rings (SSSR count). The number of hydrogen-bond donors (Lipinski definition) is 0. The molecule has 0 amide bonds. The molecule has 3 aliphatic rings. The molecule has 0 unspecified atom stereocenters. The lowest BCUT2D eigenvalue weighted by Crippen LogP contribution is -2.33. The summed E-state index contributed by atoms with van der Waals surface area (Å²) in [5, 5.41) is 0. The molecule has 0 atom stereocenters. The molecule has 0 saturated carbocycles. The molecule has 0 fully saturated rings. The Balaban J connectivity index is 1.60. The van der Waals surface area contributed by atoms with E-state index in [1.165, 1.54) is 11.1 Å². The van der Waals surface area contributed by atoms with Crippen molar-refractivity contribution in [2.45, 2.75) is 4.90 Å². The summed E-state index contributed by atoms with van der Waals surface area (Å²) in [6, 6.07) is 4.84. The van der Waals surface area contributed by atoms with Crippen molar-refractivity contribution in [2.24, 2.45) is 0 Å². The summed E-state index contributed by atoms with van der Waals surface area (Å²) in [6.45, 7) is 3.66. The van der Waals surface area contributed by atoms with Crippen molar-refractivity contribution in [1.82, 2.24) is 9.21 Å². The van der Waals surface area contributed by atoms with Gasteiger partial charge < -0.3 is 9.47 Å². The monoisotopic (exact) mass is 322 g/mol. The van der Waals surface area contributed by atoms with Gasteiger partial charge in [-0.05, 0) is 30.3 Å². The zero-order valence-electron chi connectivity index (χ0n) is 12.4. The van der Waals surface area contributed by atoms with Crippen LogP contribution >= 0.6 is 0 Å². The largest absolute Gasteiger partial charge is 0.486 e. The fraction of sp³-hybridized carbons (Fsp3) is 0.467. The third kappa shape index (κ3) is 2.20. The van der Waals surface area contributed by atoms with Gasteiger partial charge in [0.05, 0.1) is 4.90 Å². The summed E-state index contributed by atoms with van der Waals surface area (Å²) >= 11 is 0. The summed E-state index contributed by atoms with van der Waals surface area (Å²) in [6.07, 6.45) is 0. The van der Waals surface area contributed by atoms with E-state index in [0.717, 1.165) is 13.1 Å². The maximum absolute atomic E-state index is 12.8.